The number of benzene rings is 2. The Morgan fingerprint density at radius 1 is 1.12 bits per heavy atom. The molecule has 0 bridgehead atoms. The summed E-state index contributed by atoms with van der Waals surface area (Å²) in [5, 5.41) is 14.9. The largest absolute Gasteiger partial charge is 0.497 e. The van der Waals surface area contributed by atoms with Crippen LogP contribution < -0.4 is 15.4 Å². The van der Waals surface area contributed by atoms with E-state index in [0.717, 1.165) is 5.69 Å². The number of nitriles is 1. The molecule has 1 aromatic heterocycles. The number of nitrogens with zero attached hydrogens (tertiary/aromatic N) is 3. The summed E-state index contributed by atoms with van der Waals surface area (Å²) < 4.78 is 5.18. The summed E-state index contributed by atoms with van der Waals surface area (Å²) in [5.74, 6) is 0.742. The average Bonchev–Trinajstić information content (AvgIpc) is 2.68. The Morgan fingerprint density at radius 3 is 2.77 bits per heavy atom. The highest BCUT2D eigenvalue weighted by molar-refractivity contribution is 6.03. The van der Waals surface area contributed by atoms with E-state index < -0.39 is 5.91 Å². The minimum Gasteiger partial charge on any atom is -0.497 e. The van der Waals surface area contributed by atoms with Gasteiger partial charge in [0.2, 0.25) is 0 Å². The molecule has 0 radical (unpaired) electrons. The Labute approximate surface area is 150 Å². The molecule has 1 amide bonds. The van der Waals surface area contributed by atoms with Crippen molar-refractivity contribution in [2.45, 2.75) is 0 Å². The number of aromatic nitrogens is 2. The third-order valence-electron chi connectivity index (χ3n) is 3.54. The van der Waals surface area contributed by atoms with Crippen molar-refractivity contribution in [3.63, 3.8) is 0 Å². The van der Waals surface area contributed by atoms with Crippen molar-refractivity contribution >= 4 is 23.1 Å². The van der Waals surface area contributed by atoms with Crippen LogP contribution in [-0.2, 0) is 0 Å². The predicted molar refractivity (Wildman–Crippen MR) is 97.4 cm³/mol. The number of carbonyl (C=O) groups is 1. The van der Waals surface area contributed by atoms with E-state index in [0.29, 0.717) is 22.8 Å². The fraction of sp³-hybridized carbons (Fsp3) is 0.0526. The maximum Gasteiger partial charge on any atom is 0.274 e. The van der Waals surface area contributed by atoms with Crippen LogP contribution in [0, 0.1) is 11.3 Å². The van der Waals surface area contributed by atoms with Gasteiger partial charge in [-0.3, -0.25) is 4.79 Å². The first-order valence-electron chi connectivity index (χ1n) is 7.73. The van der Waals surface area contributed by atoms with Gasteiger partial charge in [-0.05, 0) is 24.3 Å². The van der Waals surface area contributed by atoms with E-state index in [2.05, 4.69) is 20.6 Å². The summed E-state index contributed by atoms with van der Waals surface area (Å²) in [5.41, 5.74) is 1.76. The zero-order chi connectivity index (χ0) is 18.4. The summed E-state index contributed by atoms with van der Waals surface area (Å²) in [6.07, 6.45) is 1.30. The van der Waals surface area contributed by atoms with Gasteiger partial charge >= 0.3 is 0 Å². The van der Waals surface area contributed by atoms with E-state index in [1.165, 1.54) is 12.4 Å². The highest BCUT2D eigenvalue weighted by atomic mass is 16.5. The Kier molecular flexibility index (Phi) is 5.05. The molecule has 0 aliphatic heterocycles. The van der Waals surface area contributed by atoms with Crippen LogP contribution >= 0.6 is 0 Å². The molecule has 0 fully saturated rings. The van der Waals surface area contributed by atoms with Crippen molar-refractivity contribution in [1.29, 1.82) is 5.26 Å². The third kappa shape index (κ3) is 3.94. The number of hydrogen-bond donors (Lipinski definition) is 2. The number of rotatable bonds is 5. The molecule has 0 saturated heterocycles. The van der Waals surface area contributed by atoms with Crippen molar-refractivity contribution < 1.29 is 9.53 Å². The topological polar surface area (TPSA) is 99.9 Å². The molecular formula is C19H15N5O2. The van der Waals surface area contributed by atoms with Gasteiger partial charge in [-0.15, -0.1) is 0 Å². The number of para-hydroxylation sites is 1. The van der Waals surface area contributed by atoms with Gasteiger partial charge in [-0.2, -0.15) is 5.26 Å². The molecule has 3 aromatic rings. The third-order valence-corrected chi connectivity index (χ3v) is 3.54. The molecular weight excluding hydrogens is 330 g/mol. The van der Waals surface area contributed by atoms with Crippen LogP contribution in [0.25, 0.3) is 0 Å². The molecule has 1 heterocycles. The molecule has 26 heavy (non-hydrogen) atoms. The smallest absolute Gasteiger partial charge is 0.274 e. The summed E-state index contributed by atoms with van der Waals surface area (Å²) in [7, 11) is 1.59. The molecule has 0 atom stereocenters. The van der Waals surface area contributed by atoms with Crippen LogP contribution in [0.4, 0.5) is 17.2 Å². The lowest BCUT2D eigenvalue weighted by Gasteiger charge is -2.09. The SMILES string of the molecule is COc1cccc(Nc2cc(C(=O)Nc3ccccc3C#N)ncn2)c1. The van der Waals surface area contributed by atoms with Crippen LogP contribution in [0.15, 0.2) is 60.9 Å². The van der Waals surface area contributed by atoms with Crippen LogP contribution in [0.3, 0.4) is 0 Å². The van der Waals surface area contributed by atoms with Crippen molar-refractivity contribution in [2.75, 3.05) is 17.7 Å². The van der Waals surface area contributed by atoms with E-state index in [9.17, 15) is 4.79 Å². The standard InChI is InChI=1S/C19H15N5O2/c1-26-15-7-4-6-14(9-15)23-18-10-17(21-12-22-18)19(25)24-16-8-3-2-5-13(16)11-20/h2-10,12H,1H3,(H,24,25)(H,21,22,23). The van der Waals surface area contributed by atoms with Gasteiger partial charge in [0, 0.05) is 17.8 Å². The minimum atomic E-state index is -0.427. The number of hydrogen-bond acceptors (Lipinski definition) is 6. The van der Waals surface area contributed by atoms with Crippen LogP contribution in [0.5, 0.6) is 5.75 Å². The van der Waals surface area contributed by atoms with Crippen molar-refractivity contribution in [3.05, 3.63) is 72.2 Å². The summed E-state index contributed by atoms with van der Waals surface area (Å²) in [6.45, 7) is 0. The lowest BCUT2D eigenvalue weighted by atomic mass is 10.2. The van der Waals surface area contributed by atoms with Gasteiger partial charge in [0.05, 0.1) is 18.4 Å². The number of carbonyl (C=O) groups excluding carboxylic acids is 1. The van der Waals surface area contributed by atoms with Gasteiger partial charge in [-0.25, -0.2) is 9.97 Å². The average molecular weight is 345 g/mol. The maximum atomic E-state index is 12.4. The highest BCUT2D eigenvalue weighted by Crippen LogP contribution is 2.20. The second-order valence-electron chi connectivity index (χ2n) is 5.26. The van der Waals surface area contributed by atoms with Crippen LogP contribution in [0.2, 0.25) is 0 Å². The summed E-state index contributed by atoms with van der Waals surface area (Å²) >= 11 is 0. The van der Waals surface area contributed by atoms with E-state index in [4.69, 9.17) is 10.00 Å². The Morgan fingerprint density at radius 2 is 1.96 bits per heavy atom. The zero-order valence-electron chi connectivity index (χ0n) is 13.9. The quantitative estimate of drug-likeness (QED) is 0.735. The first-order valence-corrected chi connectivity index (χ1v) is 7.73. The monoisotopic (exact) mass is 345 g/mol. The fourth-order valence-electron chi connectivity index (χ4n) is 2.27. The van der Waals surface area contributed by atoms with E-state index in [1.54, 1.807) is 31.4 Å². The normalized spacial score (nSPS) is 9.85. The molecule has 2 aromatic carbocycles. The van der Waals surface area contributed by atoms with Crippen molar-refractivity contribution in [2.24, 2.45) is 0 Å². The molecule has 0 aliphatic rings. The molecule has 0 spiro atoms. The van der Waals surface area contributed by atoms with E-state index in [-0.39, 0.29) is 5.69 Å². The van der Waals surface area contributed by atoms with Crippen LogP contribution in [-0.4, -0.2) is 23.0 Å². The number of nitrogens with one attached hydrogen (secondary N) is 2. The van der Waals surface area contributed by atoms with Gasteiger partial charge in [0.25, 0.3) is 5.91 Å². The second kappa shape index (κ2) is 7.77. The fourth-order valence-corrected chi connectivity index (χ4v) is 2.27. The number of methoxy groups -OCH3 is 1. The molecule has 128 valence electrons. The number of ether oxygens (including phenoxy) is 1. The molecule has 0 unspecified atom stereocenters. The Balaban J connectivity index is 1.78. The van der Waals surface area contributed by atoms with Crippen molar-refractivity contribution in [1.82, 2.24) is 9.97 Å². The predicted octanol–water partition coefficient (Wildman–Crippen LogP) is 3.35. The Bertz CT molecular complexity index is 981. The first-order chi connectivity index (χ1) is 12.7. The lowest BCUT2D eigenvalue weighted by molar-refractivity contribution is 0.102. The van der Waals surface area contributed by atoms with E-state index in [1.807, 2.05) is 30.3 Å². The minimum absolute atomic E-state index is 0.179. The van der Waals surface area contributed by atoms with Crippen LogP contribution in [0.1, 0.15) is 16.1 Å². The molecule has 3 rings (SSSR count). The molecule has 0 saturated carbocycles. The van der Waals surface area contributed by atoms with Gasteiger partial charge in [0.1, 0.15) is 29.7 Å². The lowest BCUT2D eigenvalue weighted by Crippen LogP contribution is -2.15. The first kappa shape index (κ1) is 16.9. The Hall–Kier alpha value is -3.92. The molecule has 2 N–H and O–H groups in total. The highest BCUT2D eigenvalue weighted by Gasteiger charge is 2.11. The second-order valence-corrected chi connectivity index (χ2v) is 5.26. The molecule has 7 nitrogen and oxygen atoms in total. The number of anilines is 3. The number of amides is 1. The molecule has 7 heteroatoms. The molecule has 0 aliphatic carbocycles. The maximum absolute atomic E-state index is 12.4. The van der Waals surface area contributed by atoms with Gasteiger partial charge in [0.15, 0.2) is 0 Å². The summed E-state index contributed by atoms with van der Waals surface area (Å²) in [4.78, 5) is 20.5. The van der Waals surface area contributed by atoms with Gasteiger partial charge < -0.3 is 15.4 Å². The van der Waals surface area contributed by atoms with Gasteiger partial charge in [-0.1, -0.05) is 18.2 Å². The van der Waals surface area contributed by atoms with E-state index >= 15 is 0 Å². The van der Waals surface area contributed by atoms with Crippen molar-refractivity contribution in [3.8, 4) is 11.8 Å². The summed E-state index contributed by atoms with van der Waals surface area (Å²) in [6, 6.07) is 17.7. The zero-order valence-corrected chi connectivity index (χ0v) is 13.9.